The molecule has 1 N–H and O–H groups in total. The van der Waals surface area contributed by atoms with Crippen LogP contribution in [0.1, 0.15) is 36.6 Å². The Kier molecular flexibility index (Phi) is 4.24. The van der Waals surface area contributed by atoms with Crippen LogP contribution in [-0.2, 0) is 4.79 Å². The van der Waals surface area contributed by atoms with E-state index >= 15 is 0 Å². The lowest BCUT2D eigenvalue weighted by molar-refractivity contribution is -0.108. The monoisotopic (exact) mass is 268 g/mol. The summed E-state index contributed by atoms with van der Waals surface area (Å²) in [7, 11) is 1.56. The molecule has 0 spiro atoms. The number of urea groups is 1. The Balaban J connectivity index is 1.93. The third-order valence-corrected chi connectivity index (χ3v) is 4.06. The van der Waals surface area contributed by atoms with E-state index in [-0.39, 0.29) is 12.6 Å². The zero-order valence-electron chi connectivity index (χ0n) is 10.3. The van der Waals surface area contributed by atoms with Crippen molar-refractivity contribution < 1.29 is 9.59 Å². The van der Waals surface area contributed by atoms with Crippen molar-refractivity contribution in [2.24, 2.45) is 0 Å². The summed E-state index contributed by atoms with van der Waals surface area (Å²) in [4.78, 5) is 23.2. The molecule has 1 fully saturated rings. The lowest BCUT2D eigenvalue weighted by atomic mass is 10.1. The molecule has 1 aliphatic rings. The normalized spacial score (nSPS) is 15.6. The molecule has 0 saturated heterocycles. The second-order valence-corrected chi connectivity index (χ2v) is 5.41. The van der Waals surface area contributed by atoms with Gasteiger partial charge >= 0.3 is 6.03 Å². The van der Waals surface area contributed by atoms with E-state index in [9.17, 15) is 9.59 Å². The van der Waals surface area contributed by atoms with E-state index in [0.717, 1.165) is 17.8 Å². The summed E-state index contributed by atoms with van der Waals surface area (Å²) in [6, 6.07) is -0.337. The molecule has 0 radical (unpaired) electrons. The number of hydrogen-bond acceptors (Lipinski definition) is 5. The molecule has 1 saturated carbocycles. The van der Waals surface area contributed by atoms with Gasteiger partial charge in [-0.05, 0) is 12.8 Å². The number of aldehydes is 1. The topological polar surface area (TPSA) is 75.2 Å². The maximum absolute atomic E-state index is 11.6. The van der Waals surface area contributed by atoms with Crippen LogP contribution in [0.4, 0.5) is 9.93 Å². The summed E-state index contributed by atoms with van der Waals surface area (Å²) in [6.45, 7) is 0.0696. The number of amides is 2. The smallest absolute Gasteiger partial charge is 0.321 e. The van der Waals surface area contributed by atoms with Gasteiger partial charge in [0.15, 0.2) is 0 Å². The van der Waals surface area contributed by atoms with Crippen LogP contribution in [-0.4, -0.2) is 41.0 Å². The second kappa shape index (κ2) is 5.90. The molecule has 7 heteroatoms. The van der Waals surface area contributed by atoms with Crippen molar-refractivity contribution in [1.29, 1.82) is 0 Å². The largest absolute Gasteiger partial charge is 0.323 e. The van der Waals surface area contributed by atoms with Crippen LogP contribution in [0.5, 0.6) is 0 Å². The molecule has 0 aromatic carbocycles. The standard InChI is InChI=1S/C11H16N4O2S/c1-15(6-7-16)11(17)12-10-14-13-9(18-10)8-4-2-3-5-8/h7-8H,2-6H2,1H3,(H,12,14,17). The van der Waals surface area contributed by atoms with E-state index in [1.54, 1.807) is 7.05 Å². The molecule has 2 rings (SSSR count). The predicted octanol–water partition coefficient (Wildman–Crippen LogP) is 1.86. The van der Waals surface area contributed by atoms with E-state index < -0.39 is 0 Å². The van der Waals surface area contributed by atoms with Gasteiger partial charge in [-0.3, -0.25) is 5.32 Å². The quantitative estimate of drug-likeness (QED) is 0.846. The number of anilines is 1. The lowest BCUT2D eigenvalue weighted by Gasteiger charge is -2.12. The zero-order chi connectivity index (χ0) is 13.0. The Labute approximate surface area is 109 Å². The number of carbonyl (C=O) groups excluding carboxylic acids is 2. The van der Waals surface area contributed by atoms with Crippen molar-refractivity contribution in [2.45, 2.75) is 31.6 Å². The van der Waals surface area contributed by atoms with Crippen LogP contribution in [0, 0.1) is 0 Å². The number of nitrogens with zero attached hydrogens (tertiary/aromatic N) is 3. The van der Waals surface area contributed by atoms with E-state index in [1.807, 2.05) is 0 Å². The highest BCUT2D eigenvalue weighted by atomic mass is 32.1. The Morgan fingerprint density at radius 2 is 2.22 bits per heavy atom. The van der Waals surface area contributed by atoms with Crippen molar-refractivity contribution in [2.75, 3.05) is 18.9 Å². The molecule has 18 heavy (non-hydrogen) atoms. The highest BCUT2D eigenvalue weighted by molar-refractivity contribution is 7.15. The van der Waals surface area contributed by atoms with Crippen LogP contribution < -0.4 is 5.32 Å². The van der Waals surface area contributed by atoms with Crippen LogP contribution in [0.3, 0.4) is 0 Å². The minimum absolute atomic E-state index is 0.0696. The van der Waals surface area contributed by atoms with Gasteiger partial charge in [0, 0.05) is 13.0 Å². The predicted molar refractivity (Wildman–Crippen MR) is 68.8 cm³/mol. The molecule has 6 nitrogen and oxygen atoms in total. The Morgan fingerprint density at radius 1 is 1.50 bits per heavy atom. The van der Waals surface area contributed by atoms with Crippen molar-refractivity contribution in [3.05, 3.63) is 5.01 Å². The Hall–Kier alpha value is -1.50. The van der Waals surface area contributed by atoms with Crippen molar-refractivity contribution in [3.8, 4) is 0 Å². The molecule has 1 heterocycles. The zero-order valence-corrected chi connectivity index (χ0v) is 11.1. The van der Waals surface area contributed by atoms with Crippen LogP contribution in [0.15, 0.2) is 0 Å². The summed E-state index contributed by atoms with van der Waals surface area (Å²) in [6.07, 6.45) is 5.49. The van der Waals surface area contributed by atoms with Gasteiger partial charge in [-0.25, -0.2) is 4.79 Å². The average Bonchev–Trinajstić information content (AvgIpc) is 2.98. The maximum atomic E-state index is 11.6. The maximum Gasteiger partial charge on any atom is 0.323 e. The van der Waals surface area contributed by atoms with Gasteiger partial charge in [-0.15, -0.1) is 10.2 Å². The van der Waals surface area contributed by atoms with Crippen molar-refractivity contribution in [1.82, 2.24) is 15.1 Å². The number of hydrogen-bond donors (Lipinski definition) is 1. The fourth-order valence-electron chi connectivity index (χ4n) is 2.00. The number of likely N-dealkylation sites (N-methyl/N-ethyl adjacent to an activating group) is 1. The summed E-state index contributed by atoms with van der Waals surface area (Å²) < 4.78 is 0. The third kappa shape index (κ3) is 3.04. The van der Waals surface area contributed by atoms with Gasteiger partial charge in [-0.1, -0.05) is 24.2 Å². The SMILES string of the molecule is CN(CC=O)C(=O)Nc1nnc(C2CCCC2)s1. The van der Waals surface area contributed by atoms with Crippen molar-refractivity contribution >= 4 is 28.8 Å². The first-order valence-corrected chi connectivity index (χ1v) is 6.81. The van der Waals surface area contributed by atoms with Gasteiger partial charge in [-0.2, -0.15) is 0 Å². The Morgan fingerprint density at radius 3 is 2.89 bits per heavy atom. The molecule has 1 aromatic heterocycles. The number of rotatable bonds is 4. The molecule has 0 aliphatic heterocycles. The summed E-state index contributed by atoms with van der Waals surface area (Å²) >= 11 is 1.42. The van der Waals surface area contributed by atoms with Crippen LogP contribution >= 0.6 is 11.3 Å². The van der Waals surface area contributed by atoms with Gasteiger partial charge in [0.25, 0.3) is 0 Å². The molecule has 0 unspecified atom stereocenters. The van der Waals surface area contributed by atoms with Gasteiger partial charge in [0.05, 0.1) is 6.54 Å². The molecular formula is C11H16N4O2S. The third-order valence-electron chi connectivity index (χ3n) is 3.05. The van der Waals surface area contributed by atoms with Gasteiger partial charge < -0.3 is 9.69 Å². The van der Waals surface area contributed by atoms with Gasteiger partial charge in [0.2, 0.25) is 5.13 Å². The first-order chi connectivity index (χ1) is 8.70. The average molecular weight is 268 g/mol. The van der Waals surface area contributed by atoms with Crippen LogP contribution in [0.25, 0.3) is 0 Å². The number of nitrogens with one attached hydrogen (secondary N) is 1. The van der Waals surface area contributed by atoms with E-state index in [1.165, 1.54) is 29.1 Å². The van der Waals surface area contributed by atoms with E-state index in [0.29, 0.717) is 17.3 Å². The fraction of sp³-hybridized carbons (Fsp3) is 0.636. The molecule has 0 bridgehead atoms. The molecule has 98 valence electrons. The minimum Gasteiger partial charge on any atom is -0.321 e. The van der Waals surface area contributed by atoms with Crippen molar-refractivity contribution in [3.63, 3.8) is 0 Å². The fourth-order valence-corrected chi connectivity index (χ4v) is 2.91. The second-order valence-electron chi connectivity index (χ2n) is 4.40. The molecule has 0 atom stereocenters. The minimum atomic E-state index is -0.337. The molecule has 1 aromatic rings. The number of carbonyl (C=O) groups is 2. The van der Waals surface area contributed by atoms with E-state index in [4.69, 9.17) is 0 Å². The highest BCUT2D eigenvalue weighted by Gasteiger charge is 2.21. The Bertz CT molecular complexity index is 428. The molecule has 1 aliphatic carbocycles. The molecular weight excluding hydrogens is 252 g/mol. The summed E-state index contributed by atoms with van der Waals surface area (Å²) in [5, 5.41) is 12.2. The first-order valence-electron chi connectivity index (χ1n) is 6.00. The molecule has 2 amide bonds. The summed E-state index contributed by atoms with van der Waals surface area (Å²) in [5.41, 5.74) is 0. The lowest BCUT2D eigenvalue weighted by Crippen LogP contribution is -2.32. The highest BCUT2D eigenvalue weighted by Crippen LogP contribution is 2.36. The first kappa shape index (κ1) is 12.9. The number of aromatic nitrogens is 2. The summed E-state index contributed by atoms with van der Waals surface area (Å²) in [5.74, 6) is 0.501. The van der Waals surface area contributed by atoms with E-state index in [2.05, 4.69) is 15.5 Å². The van der Waals surface area contributed by atoms with Crippen LogP contribution in [0.2, 0.25) is 0 Å². The van der Waals surface area contributed by atoms with Gasteiger partial charge in [0.1, 0.15) is 11.3 Å².